The molecule has 0 atom stereocenters. The number of imide groups is 1. The van der Waals surface area contributed by atoms with E-state index in [0.29, 0.717) is 22.6 Å². The Balaban J connectivity index is 2.00. The third-order valence-electron chi connectivity index (χ3n) is 5.46. The van der Waals surface area contributed by atoms with E-state index in [2.05, 4.69) is 0 Å². The van der Waals surface area contributed by atoms with E-state index >= 15 is 0 Å². The number of amides is 2. The van der Waals surface area contributed by atoms with Gasteiger partial charge in [-0.15, -0.1) is 0 Å². The maximum atomic E-state index is 14.3. The summed E-state index contributed by atoms with van der Waals surface area (Å²) in [6, 6.07) is 4.45. The number of rotatable bonds is 6. The maximum absolute atomic E-state index is 14.3. The Morgan fingerprint density at radius 2 is 1.03 bits per heavy atom. The molecule has 3 nitrogen and oxygen atoms in total. The van der Waals surface area contributed by atoms with E-state index in [4.69, 9.17) is 0 Å². The van der Waals surface area contributed by atoms with Crippen LogP contribution in [0.5, 0.6) is 0 Å². The average molecular weight is 555 g/mol. The van der Waals surface area contributed by atoms with Gasteiger partial charge in [0, 0.05) is 5.56 Å². The maximum Gasteiger partial charge on any atom is 0.460 e. The lowest BCUT2D eigenvalue weighted by Crippen LogP contribution is -2.69. The third-order valence-corrected chi connectivity index (χ3v) is 5.46. The summed E-state index contributed by atoms with van der Waals surface area (Å²) in [6.45, 7) is 1.56. The van der Waals surface area contributed by atoms with Crippen LogP contribution in [0.15, 0.2) is 42.5 Å². The van der Waals surface area contributed by atoms with Crippen LogP contribution in [0, 0.1) is 6.92 Å². The van der Waals surface area contributed by atoms with Gasteiger partial charge in [0.15, 0.2) is 0 Å². The van der Waals surface area contributed by atoms with Crippen LogP contribution < -0.4 is 4.90 Å². The third kappa shape index (κ3) is 3.74. The van der Waals surface area contributed by atoms with Gasteiger partial charge in [-0.3, -0.25) is 9.59 Å². The second-order valence-corrected chi connectivity index (χ2v) is 7.91. The molecule has 2 aromatic carbocycles. The summed E-state index contributed by atoms with van der Waals surface area (Å²) in [5.74, 6) is -39.7. The Bertz CT molecular complexity index is 1250. The SMILES string of the molecule is Cc1ccc2c(c1)C(=O)N(c1ccc(C(F)(F)C(F)(F)C(F)(F)C(F)(F)C(F)(F)C(F)(F)F)cc1)C2=O. The van der Waals surface area contributed by atoms with Gasteiger partial charge in [-0.1, -0.05) is 23.8 Å². The number of halogens is 13. The quantitative estimate of drug-likeness (QED) is 0.285. The summed E-state index contributed by atoms with van der Waals surface area (Å²) in [5, 5.41) is 0. The van der Waals surface area contributed by atoms with Crippen molar-refractivity contribution in [1.82, 2.24) is 0 Å². The van der Waals surface area contributed by atoms with E-state index in [1.165, 1.54) is 18.2 Å². The molecular weight excluding hydrogens is 545 g/mol. The van der Waals surface area contributed by atoms with E-state index in [-0.39, 0.29) is 23.3 Å². The van der Waals surface area contributed by atoms with E-state index in [1.807, 2.05) is 0 Å². The Labute approximate surface area is 197 Å². The highest BCUT2D eigenvalue weighted by Gasteiger charge is 2.90. The summed E-state index contributed by atoms with van der Waals surface area (Å²) in [7, 11) is 0. The fraction of sp³-hybridized carbons (Fsp3) is 0.333. The molecule has 16 heteroatoms. The molecule has 0 saturated carbocycles. The number of hydrogen-bond donors (Lipinski definition) is 0. The number of hydrogen-bond acceptors (Lipinski definition) is 2. The largest absolute Gasteiger partial charge is 0.460 e. The summed E-state index contributed by atoms with van der Waals surface area (Å²) in [6.07, 6.45) is -7.50. The molecular formula is C21H10F13NO2. The first-order valence-electron chi connectivity index (χ1n) is 9.60. The number of aryl methyl sites for hydroxylation is 1. The minimum Gasteiger partial charge on any atom is -0.268 e. The molecule has 2 amide bonds. The molecule has 1 heterocycles. The van der Waals surface area contributed by atoms with E-state index < -0.39 is 58.9 Å². The van der Waals surface area contributed by atoms with E-state index in [9.17, 15) is 66.7 Å². The zero-order valence-electron chi connectivity index (χ0n) is 17.7. The van der Waals surface area contributed by atoms with Crippen molar-refractivity contribution in [2.75, 3.05) is 4.90 Å². The molecule has 202 valence electrons. The van der Waals surface area contributed by atoms with Crippen molar-refractivity contribution in [3.63, 3.8) is 0 Å². The van der Waals surface area contributed by atoms with E-state index in [0.717, 1.165) is 0 Å². The van der Waals surface area contributed by atoms with E-state index in [1.54, 1.807) is 6.92 Å². The molecule has 0 spiro atoms. The second kappa shape index (κ2) is 8.08. The standard InChI is InChI=1S/C21H10F13NO2/c1-9-2-7-12-13(8-9)15(37)35(14(12)36)11-5-3-10(4-6-11)16(22,23)17(24,25)18(26,27)19(28,29)20(30,31)21(32,33)34/h2-8H,1H3. The van der Waals surface area contributed by atoms with Crippen LogP contribution in [-0.2, 0) is 5.92 Å². The fourth-order valence-corrected chi connectivity index (χ4v) is 3.36. The zero-order valence-corrected chi connectivity index (χ0v) is 17.7. The lowest BCUT2D eigenvalue weighted by atomic mass is 9.90. The number of benzene rings is 2. The zero-order chi connectivity index (χ0) is 28.6. The molecule has 0 radical (unpaired) electrons. The van der Waals surface area contributed by atoms with Gasteiger partial charge in [-0.25, -0.2) is 4.90 Å². The lowest BCUT2D eigenvalue weighted by molar-refractivity contribution is -0.441. The van der Waals surface area contributed by atoms with Gasteiger partial charge >= 0.3 is 35.8 Å². The van der Waals surface area contributed by atoms with Crippen molar-refractivity contribution >= 4 is 17.5 Å². The number of alkyl halides is 13. The summed E-state index contributed by atoms with van der Waals surface area (Å²) in [5.41, 5.74) is -2.51. The molecule has 2 aromatic rings. The molecule has 0 aliphatic carbocycles. The Morgan fingerprint density at radius 1 is 0.568 bits per heavy atom. The van der Waals surface area contributed by atoms with Crippen molar-refractivity contribution in [3.8, 4) is 0 Å². The minimum atomic E-state index is -8.01. The van der Waals surface area contributed by atoms with Crippen LogP contribution in [0.25, 0.3) is 0 Å². The predicted molar refractivity (Wildman–Crippen MR) is 98.5 cm³/mol. The van der Waals surface area contributed by atoms with Crippen molar-refractivity contribution in [3.05, 3.63) is 64.7 Å². The van der Waals surface area contributed by atoms with Crippen molar-refractivity contribution in [2.45, 2.75) is 42.7 Å². The van der Waals surface area contributed by atoms with Crippen LogP contribution >= 0.6 is 0 Å². The monoisotopic (exact) mass is 555 g/mol. The second-order valence-electron chi connectivity index (χ2n) is 7.91. The van der Waals surface area contributed by atoms with Gasteiger partial charge in [-0.2, -0.15) is 57.1 Å². The highest BCUT2D eigenvalue weighted by atomic mass is 19.4. The smallest absolute Gasteiger partial charge is 0.268 e. The van der Waals surface area contributed by atoms with Gasteiger partial charge in [-0.05, 0) is 31.2 Å². The molecule has 0 fully saturated rings. The normalized spacial score (nSPS) is 15.9. The molecule has 1 aliphatic rings. The lowest BCUT2D eigenvalue weighted by Gasteiger charge is -2.39. The number of anilines is 1. The van der Waals surface area contributed by atoms with Gasteiger partial charge in [0.2, 0.25) is 0 Å². The average Bonchev–Trinajstić information content (AvgIpc) is 3.01. The van der Waals surface area contributed by atoms with Crippen LogP contribution in [0.3, 0.4) is 0 Å². The first kappa shape index (κ1) is 28.2. The van der Waals surface area contributed by atoms with Gasteiger partial charge in [0.25, 0.3) is 11.8 Å². The fourth-order valence-electron chi connectivity index (χ4n) is 3.36. The van der Waals surface area contributed by atoms with Crippen LogP contribution in [0.2, 0.25) is 0 Å². The van der Waals surface area contributed by atoms with Crippen LogP contribution in [-0.4, -0.2) is 41.7 Å². The molecule has 3 rings (SSSR count). The summed E-state index contributed by atoms with van der Waals surface area (Å²) in [4.78, 5) is 25.4. The molecule has 0 unspecified atom stereocenters. The Morgan fingerprint density at radius 3 is 1.51 bits per heavy atom. The molecule has 1 aliphatic heterocycles. The Hall–Kier alpha value is -3.33. The van der Waals surface area contributed by atoms with Crippen LogP contribution in [0.4, 0.5) is 62.8 Å². The van der Waals surface area contributed by atoms with Crippen molar-refractivity contribution in [2.24, 2.45) is 0 Å². The molecule has 0 aromatic heterocycles. The summed E-state index contributed by atoms with van der Waals surface area (Å²) < 4.78 is 173. The first-order chi connectivity index (χ1) is 16.5. The Kier molecular flexibility index (Phi) is 6.17. The van der Waals surface area contributed by atoms with Gasteiger partial charge in [0.1, 0.15) is 0 Å². The molecule has 37 heavy (non-hydrogen) atoms. The van der Waals surface area contributed by atoms with Crippen molar-refractivity contribution in [1.29, 1.82) is 0 Å². The number of carbonyl (C=O) groups excluding carboxylic acids is 2. The number of fused-ring (bicyclic) bond motifs is 1. The highest BCUT2D eigenvalue weighted by molar-refractivity contribution is 6.34. The van der Waals surface area contributed by atoms with Gasteiger partial charge < -0.3 is 0 Å². The van der Waals surface area contributed by atoms with Crippen molar-refractivity contribution < 1.29 is 66.7 Å². The predicted octanol–water partition coefficient (Wildman–Crippen LogP) is 6.99. The topological polar surface area (TPSA) is 37.4 Å². The first-order valence-corrected chi connectivity index (χ1v) is 9.60. The number of carbonyl (C=O) groups is 2. The van der Waals surface area contributed by atoms with Gasteiger partial charge in [0.05, 0.1) is 16.8 Å². The molecule has 0 bridgehead atoms. The highest BCUT2D eigenvalue weighted by Crippen LogP contribution is 2.62. The minimum absolute atomic E-state index is 0.117. The molecule has 0 saturated heterocycles. The van der Waals surface area contributed by atoms with Crippen LogP contribution in [0.1, 0.15) is 31.8 Å². The summed E-state index contributed by atoms with van der Waals surface area (Å²) >= 11 is 0. The molecule has 0 N–H and O–H groups in total. The number of nitrogens with zero attached hydrogens (tertiary/aromatic N) is 1.